The average Bonchev–Trinajstić information content (AvgIpc) is 3.11. The van der Waals surface area contributed by atoms with E-state index in [4.69, 9.17) is 0 Å². The quantitative estimate of drug-likeness (QED) is 0.705. The minimum absolute atomic E-state index is 0.107. The third-order valence-electron chi connectivity index (χ3n) is 4.81. The number of nitrogens with zero attached hydrogens (tertiary/aromatic N) is 2. The van der Waals surface area contributed by atoms with Gasteiger partial charge in [-0.2, -0.15) is 4.31 Å². The summed E-state index contributed by atoms with van der Waals surface area (Å²) in [5.74, 6) is -0.452. The zero-order valence-electron chi connectivity index (χ0n) is 14.3. The highest BCUT2D eigenvalue weighted by molar-refractivity contribution is 7.89. The normalized spacial score (nSPS) is 17.8. The van der Waals surface area contributed by atoms with E-state index in [1.807, 2.05) is 49.5 Å². The Labute approximate surface area is 152 Å². The van der Waals surface area contributed by atoms with Gasteiger partial charge in [0.1, 0.15) is 5.82 Å². The van der Waals surface area contributed by atoms with Crippen molar-refractivity contribution in [1.29, 1.82) is 0 Å². The Morgan fingerprint density at radius 2 is 1.65 bits per heavy atom. The van der Waals surface area contributed by atoms with Crippen molar-refractivity contribution < 1.29 is 12.8 Å². The Balaban J connectivity index is 1.83. The SMILES string of the molecule is Cc1ccc(C2c3cccn3CCN2S(=O)(=O)c2ccc(F)cc2)cc1. The van der Waals surface area contributed by atoms with Gasteiger partial charge in [-0.15, -0.1) is 0 Å². The second-order valence-corrected chi connectivity index (χ2v) is 8.40. The van der Waals surface area contributed by atoms with Gasteiger partial charge in [0.25, 0.3) is 0 Å². The summed E-state index contributed by atoms with van der Waals surface area (Å²) in [6, 6.07) is 16.4. The van der Waals surface area contributed by atoms with Crippen LogP contribution >= 0.6 is 0 Å². The third-order valence-corrected chi connectivity index (χ3v) is 6.69. The number of fused-ring (bicyclic) bond motifs is 1. The Morgan fingerprint density at radius 1 is 0.962 bits per heavy atom. The highest BCUT2D eigenvalue weighted by atomic mass is 32.2. The molecule has 26 heavy (non-hydrogen) atoms. The Kier molecular flexibility index (Phi) is 4.17. The van der Waals surface area contributed by atoms with Crippen molar-refractivity contribution in [2.75, 3.05) is 6.54 Å². The maximum Gasteiger partial charge on any atom is 0.244 e. The molecule has 2 aromatic carbocycles. The maximum absolute atomic E-state index is 13.3. The molecule has 1 aromatic heterocycles. The maximum atomic E-state index is 13.3. The van der Waals surface area contributed by atoms with Crippen LogP contribution in [0.1, 0.15) is 22.9 Å². The molecule has 0 bridgehead atoms. The Bertz CT molecular complexity index is 1020. The van der Waals surface area contributed by atoms with Crippen molar-refractivity contribution >= 4 is 10.0 Å². The van der Waals surface area contributed by atoms with Crippen molar-refractivity contribution in [3.63, 3.8) is 0 Å². The summed E-state index contributed by atoms with van der Waals surface area (Å²) in [5.41, 5.74) is 2.97. The van der Waals surface area contributed by atoms with Gasteiger partial charge in [-0.1, -0.05) is 29.8 Å². The van der Waals surface area contributed by atoms with Crippen LogP contribution in [-0.4, -0.2) is 23.8 Å². The molecule has 1 aliphatic rings. The zero-order valence-corrected chi connectivity index (χ0v) is 15.2. The summed E-state index contributed by atoms with van der Waals surface area (Å²) in [6.45, 7) is 2.95. The van der Waals surface area contributed by atoms with E-state index in [0.717, 1.165) is 16.8 Å². The largest absolute Gasteiger partial charge is 0.348 e. The van der Waals surface area contributed by atoms with Crippen LogP contribution in [0.5, 0.6) is 0 Å². The lowest BCUT2D eigenvalue weighted by molar-refractivity contribution is 0.298. The monoisotopic (exact) mass is 370 g/mol. The number of aryl methyl sites for hydroxylation is 1. The number of halogens is 1. The van der Waals surface area contributed by atoms with E-state index in [1.165, 1.54) is 28.6 Å². The fourth-order valence-electron chi connectivity index (χ4n) is 3.45. The first kappa shape index (κ1) is 17.0. The summed E-state index contributed by atoms with van der Waals surface area (Å²) in [6.07, 6.45) is 1.97. The minimum Gasteiger partial charge on any atom is -0.348 e. The molecular weight excluding hydrogens is 351 g/mol. The lowest BCUT2D eigenvalue weighted by atomic mass is 10.0. The van der Waals surface area contributed by atoms with Gasteiger partial charge in [0, 0.05) is 25.0 Å². The van der Waals surface area contributed by atoms with E-state index in [9.17, 15) is 12.8 Å². The lowest BCUT2D eigenvalue weighted by Gasteiger charge is -2.36. The van der Waals surface area contributed by atoms with Gasteiger partial charge >= 0.3 is 0 Å². The number of rotatable bonds is 3. The van der Waals surface area contributed by atoms with Crippen molar-refractivity contribution in [2.24, 2.45) is 0 Å². The van der Waals surface area contributed by atoms with E-state index in [1.54, 1.807) is 0 Å². The van der Waals surface area contributed by atoms with Gasteiger partial charge < -0.3 is 4.57 Å². The van der Waals surface area contributed by atoms with Gasteiger partial charge in [-0.05, 0) is 48.9 Å². The standard InChI is InChI=1S/C20H19FN2O2S/c1-15-4-6-16(7-5-15)20-19-3-2-12-22(19)13-14-23(20)26(24,25)18-10-8-17(21)9-11-18/h2-12,20H,13-14H2,1H3. The zero-order chi connectivity index (χ0) is 18.3. The van der Waals surface area contributed by atoms with E-state index < -0.39 is 21.9 Å². The Hall–Kier alpha value is -2.44. The summed E-state index contributed by atoms with van der Waals surface area (Å²) in [7, 11) is -3.75. The summed E-state index contributed by atoms with van der Waals surface area (Å²) < 4.78 is 43.4. The molecule has 4 nitrogen and oxygen atoms in total. The highest BCUT2D eigenvalue weighted by Crippen LogP contribution is 2.36. The lowest BCUT2D eigenvalue weighted by Crippen LogP contribution is -2.42. The summed E-state index contributed by atoms with van der Waals surface area (Å²) in [4.78, 5) is 0.107. The van der Waals surface area contributed by atoms with Crippen LogP contribution in [0.25, 0.3) is 0 Å². The highest BCUT2D eigenvalue weighted by Gasteiger charge is 2.37. The minimum atomic E-state index is -3.75. The molecule has 6 heteroatoms. The van der Waals surface area contributed by atoms with Gasteiger partial charge in [0.05, 0.1) is 10.9 Å². The van der Waals surface area contributed by atoms with Gasteiger partial charge in [0.2, 0.25) is 10.0 Å². The van der Waals surface area contributed by atoms with Crippen molar-refractivity contribution in [3.8, 4) is 0 Å². The molecule has 1 aliphatic heterocycles. The molecule has 1 unspecified atom stereocenters. The van der Waals surface area contributed by atoms with E-state index in [2.05, 4.69) is 4.57 Å². The molecule has 0 N–H and O–H groups in total. The molecule has 0 fully saturated rings. The molecule has 4 rings (SSSR count). The molecule has 1 atom stereocenters. The number of hydrogen-bond donors (Lipinski definition) is 0. The molecule has 0 amide bonds. The second kappa shape index (κ2) is 6.37. The molecule has 0 spiro atoms. The fraction of sp³-hybridized carbons (Fsp3) is 0.200. The van der Waals surface area contributed by atoms with Crippen molar-refractivity contribution in [1.82, 2.24) is 8.87 Å². The molecule has 3 aromatic rings. The first-order valence-electron chi connectivity index (χ1n) is 8.46. The smallest absolute Gasteiger partial charge is 0.244 e. The van der Waals surface area contributed by atoms with Crippen LogP contribution in [0, 0.1) is 12.7 Å². The Morgan fingerprint density at radius 3 is 2.35 bits per heavy atom. The third kappa shape index (κ3) is 2.85. The number of aromatic nitrogens is 1. The second-order valence-electron chi connectivity index (χ2n) is 6.51. The van der Waals surface area contributed by atoms with Crippen LogP contribution in [0.4, 0.5) is 4.39 Å². The van der Waals surface area contributed by atoms with Gasteiger partial charge in [-0.3, -0.25) is 0 Å². The first-order valence-corrected chi connectivity index (χ1v) is 9.90. The number of hydrogen-bond acceptors (Lipinski definition) is 2. The molecule has 0 saturated heterocycles. The first-order chi connectivity index (χ1) is 12.5. The van der Waals surface area contributed by atoms with Crippen LogP contribution in [-0.2, 0) is 16.6 Å². The average molecular weight is 370 g/mol. The molecule has 0 radical (unpaired) electrons. The predicted octanol–water partition coefficient (Wildman–Crippen LogP) is 3.73. The van der Waals surface area contributed by atoms with Gasteiger partial charge in [-0.25, -0.2) is 12.8 Å². The summed E-state index contributed by atoms with van der Waals surface area (Å²) in [5, 5.41) is 0. The van der Waals surface area contributed by atoms with Crippen LogP contribution < -0.4 is 0 Å². The number of benzene rings is 2. The molecule has 0 saturated carbocycles. The van der Waals surface area contributed by atoms with Crippen molar-refractivity contribution in [3.05, 3.63) is 89.5 Å². The van der Waals surface area contributed by atoms with E-state index >= 15 is 0 Å². The molecular formula is C20H19FN2O2S. The molecule has 2 heterocycles. The van der Waals surface area contributed by atoms with E-state index in [0.29, 0.717) is 13.1 Å². The van der Waals surface area contributed by atoms with Crippen LogP contribution in [0.15, 0.2) is 71.8 Å². The molecule has 134 valence electrons. The number of sulfonamides is 1. The van der Waals surface area contributed by atoms with Crippen LogP contribution in [0.3, 0.4) is 0 Å². The fourth-order valence-corrected chi connectivity index (χ4v) is 5.03. The van der Waals surface area contributed by atoms with E-state index in [-0.39, 0.29) is 4.90 Å². The van der Waals surface area contributed by atoms with Crippen molar-refractivity contribution in [2.45, 2.75) is 24.4 Å². The molecule has 0 aliphatic carbocycles. The topological polar surface area (TPSA) is 42.3 Å². The summed E-state index contributed by atoms with van der Waals surface area (Å²) >= 11 is 0. The predicted molar refractivity (Wildman–Crippen MR) is 97.7 cm³/mol. The van der Waals surface area contributed by atoms with Gasteiger partial charge in [0.15, 0.2) is 0 Å². The van der Waals surface area contributed by atoms with Crippen LogP contribution in [0.2, 0.25) is 0 Å².